The van der Waals surface area contributed by atoms with Crippen LogP contribution in [0.3, 0.4) is 0 Å². The molecular formula is C19H21NO3. The van der Waals surface area contributed by atoms with E-state index in [4.69, 9.17) is 9.47 Å². The van der Waals surface area contributed by atoms with Crippen LogP contribution < -0.4 is 14.8 Å². The second-order valence-electron chi connectivity index (χ2n) is 5.66. The highest BCUT2D eigenvalue weighted by Gasteiger charge is 2.11. The number of fused-ring (bicyclic) bond motifs is 1. The molecule has 0 saturated heterocycles. The van der Waals surface area contributed by atoms with Crippen LogP contribution in [-0.4, -0.2) is 19.6 Å². The summed E-state index contributed by atoms with van der Waals surface area (Å²) in [5.74, 6) is 1.49. The SMILES string of the molecule is COc1ccc(OCCC(=O)Nc2ccc3c(c2)CCC3)cc1. The summed E-state index contributed by atoms with van der Waals surface area (Å²) < 4.78 is 10.7. The van der Waals surface area contributed by atoms with Gasteiger partial charge in [-0.05, 0) is 66.8 Å². The number of ether oxygens (including phenoxy) is 2. The molecule has 0 bridgehead atoms. The van der Waals surface area contributed by atoms with Gasteiger partial charge < -0.3 is 14.8 Å². The first kappa shape index (κ1) is 15.4. The number of anilines is 1. The number of methoxy groups -OCH3 is 1. The standard InChI is InChI=1S/C19H21NO3/c1-22-17-7-9-18(10-8-17)23-12-11-19(21)20-16-6-5-14-3-2-4-15(14)13-16/h5-10,13H,2-4,11-12H2,1H3,(H,20,21). The Kier molecular flexibility index (Phi) is 4.81. The van der Waals surface area contributed by atoms with Gasteiger partial charge in [-0.3, -0.25) is 4.79 Å². The van der Waals surface area contributed by atoms with Gasteiger partial charge >= 0.3 is 0 Å². The zero-order valence-electron chi connectivity index (χ0n) is 13.3. The molecule has 3 rings (SSSR count). The molecule has 0 aromatic heterocycles. The predicted octanol–water partition coefficient (Wildman–Crippen LogP) is 3.59. The van der Waals surface area contributed by atoms with Gasteiger partial charge in [-0.1, -0.05) is 6.07 Å². The van der Waals surface area contributed by atoms with E-state index in [1.807, 2.05) is 30.3 Å². The molecule has 0 atom stereocenters. The quantitative estimate of drug-likeness (QED) is 0.887. The fraction of sp³-hybridized carbons (Fsp3) is 0.316. The maximum absolute atomic E-state index is 12.0. The van der Waals surface area contributed by atoms with Gasteiger partial charge in [-0.2, -0.15) is 0 Å². The van der Waals surface area contributed by atoms with E-state index < -0.39 is 0 Å². The van der Waals surface area contributed by atoms with Crippen LogP contribution in [0.5, 0.6) is 11.5 Å². The Morgan fingerprint density at radius 1 is 1.04 bits per heavy atom. The normalized spacial score (nSPS) is 12.6. The predicted molar refractivity (Wildman–Crippen MR) is 90.2 cm³/mol. The van der Waals surface area contributed by atoms with E-state index in [0.717, 1.165) is 30.0 Å². The minimum absolute atomic E-state index is 0.0311. The van der Waals surface area contributed by atoms with Crippen molar-refractivity contribution in [1.82, 2.24) is 0 Å². The van der Waals surface area contributed by atoms with Crippen molar-refractivity contribution in [3.8, 4) is 11.5 Å². The first-order valence-corrected chi connectivity index (χ1v) is 7.93. The minimum Gasteiger partial charge on any atom is -0.497 e. The zero-order chi connectivity index (χ0) is 16.1. The van der Waals surface area contributed by atoms with E-state index in [2.05, 4.69) is 17.4 Å². The van der Waals surface area contributed by atoms with Crippen molar-refractivity contribution in [2.24, 2.45) is 0 Å². The molecule has 2 aromatic rings. The Morgan fingerprint density at radius 2 is 1.78 bits per heavy atom. The Balaban J connectivity index is 1.46. The molecule has 23 heavy (non-hydrogen) atoms. The maximum atomic E-state index is 12.0. The molecule has 120 valence electrons. The highest BCUT2D eigenvalue weighted by atomic mass is 16.5. The highest BCUT2D eigenvalue weighted by molar-refractivity contribution is 5.90. The lowest BCUT2D eigenvalue weighted by molar-refractivity contribution is -0.116. The number of rotatable bonds is 6. The Morgan fingerprint density at radius 3 is 2.57 bits per heavy atom. The summed E-state index contributed by atoms with van der Waals surface area (Å²) in [6.45, 7) is 0.350. The second-order valence-corrected chi connectivity index (χ2v) is 5.66. The van der Waals surface area contributed by atoms with Gasteiger partial charge in [-0.25, -0.2) is 0 Å². The largest absolute Gasteiger partial charge is 0.497 e. The fourth-order valence-corrected chi connectivity index (χ4v) is 2.81. The summed E-state index contributed by atoms with van der Waals surface area (Å²) in [5.41, 5.74) is 3.64. The molecule has 0 unspecified atom stereocenters. The number of benzene rings is 2. The third-order valence-electron chi connectivity index (χ3n) is 4.04. The Bertz CT molecular complexity index is 680. The minimum atomic E-state index is -0.0311. The van der Waals surface area contributed by atoms with Crippen LogP contribution in [0, 0.1) is 0 Å². The number of nitrogens with one attached hydrogen (secondary N) is 1. The van der Waals surface area contributed by atoms with Gasteiger partial charge in [0.2, 0.25) is 5.91 Å². The topological polar surface area (TPSA) is 47.6 Å². The molecule has 0 aliphatic heterocycles. The van der Waals surface area contributed by atoms with Crippen molar-refractivity contribution in [2.45, 2.75) is 25.7 Å². The van der Waals surface area contributed by atoms with Crippen molar-refractivity contribution < 1.29 is 14.3 Å². The van der Waals surface area contributed by atoms with E-state index in [1.54, 1.807) is 7.11 Å². The van der Waals surface area contributed by atoms with E-state index in [-0.39, 0.29) is 5.91 Å². The van der Waals surface area contributed by atoms with E-state index in [0.29, 0.717) is 13.0 Å². The van der Waals surface area contributed by atoms with E-state index in [9.17, 15) is 4.79 Å². The number of hydrogen-bond donors (Lipinski definition) is 1. The summed E-state index contributed by atoms with van der Waals surface area (Å²) in [6.07, 6.45) is 3.80. The molecule has 1 aliphatic carbocycles. The molecular weight excluding hydrogens is 290 g/mol. The smallest absolute Gasteiger partial charge is 0.227 e. The fourth-order valence-electron chi connectivity index (χ4n) is 2.81. The van der Waals surface area contributed by atoms with Gasteiger partial charge in [0.05, 0.1) is 20.1 Å². The number of aryl methyl sites for hydroxylation is 2. The first-order valence-electron chi connectivity index (χ1n) is 7.93. The lowest BCUT2D eigenvalue weighted by Crippen LogP contribution is -2.15. The van der Waals surface area contributed by atoms with Gasteiger partial charge in [0.25, 0.3) is 0 Å². The van der Waals surface area contributed by atoms with Gasteiger partial charge in [0.15, 0.2) is 0 Å². The van der Waals surface area contributed by atoms with Crippen LogP contribution in [-0.2, 0) is 17.6 Å². The Labute approximate surface area is 136 Å². The summed E-state index contributed by atoms with van der Waals surface area (Å²) >= 11 is 0. The number of carbonyl (C=O) groups is 1. The molecule has 0 heterocycles. The van der Waals surface area contributed by atoms with Crippen LogP contribution >= 0.6 is 0 Å². The molecule has 0 saturated carbocycles. The second kappa shape index (κ2) is 7.18. The molecule has 4 heteroatoms. The molecule has 4 nitrogen and oxygen atoms in total. The molecule has 2 aromatic carbocycles. The van der Waals surface area contributed by atoms with Crippen LogP contribution in [0.25, 0.3) is 0 Å². The third kappa shape index (κ3) is 4.03. The van der Waals surface area contributed by atoms with Crippen molar-refractivity contribution in [2.75, 3.05) is 19.0 Å². The lowest BCUT2D eigenvalue weighted by atomic mass is 10.1. The maximum Gasteiger partial charge on any atom is 0.227 e. The van der Waals surface area contributed by atoms with Crippen LogP contribution in [0.2, 0.25) is 0 Å². The number of hydrogen-bond acceptors (Lipinski definition) is 3. The van der Waals surface area contributed by atoms with Crippen molar-refractivity contribution in [1.29, 1.82) is 0 Å². The van der Waals surface area contributed by atoms with Gasteiger partial charge in [0.1, 0.15) is 11.5 Å². The van der Waals surface area contributed by atoms with Gasteiger partial charge in [0, 0.05) is 5.69 Å². The molecule has 1 amide bonds. The first-order chi connectivity index (χ1) is 11.2. The summed E-state index contributed by atoms with van der Waals surface area (Å²) in [5, 5.41) is 2.94. The zero-order valence-corrected chi connectivity index (χ0v) is 13.3. The highest BCUT2D eigenvalue weighted by Crippen LogP contribution is 2.25. The average Bonchev–Trinajstić information content (AvgIpc) is 3.03. The van der Waals surface area contributed by atoms with E-state index in [1.165, 1.54) is 17.5 Å². The lowest BCUT2D eigenvalue weighted by Gasteiger charge is -2.09. The average molecular weight is 311 g/mol. The summed E-state index contributed by atoms with van der Waals surface area (Å²) in [6, 6.07) is 13.5. The van der Waals surface area contributed by atoms with Crippen molar-refractivity contribution in [3.63, 3.8) is 0 Å². The molecule has 1 aliphatic rings. The molecule has 1 N–H and O–H groups in total. The third-order valence-corrected chi connectivity index (χ3v) is 4.04. The number of carbonyl (C=O) groups excluding carboxylic acids is 1. The van der Waals surface area contributed by atoms with Gasteiger partial charge in [-0.15, -0.1) is 0 Å². The molecule has 0 radical (unpaired) electrons. The van der Waals surface area contributed by atoms with E-state index >= 15 is 0 Å². The Hall–Kier alpha value is -2.49. The van der Waals surface area contributed by atoms with Crippen LogP contribution in [0.15, 0.2) is 42.5 Å². The van der Waals surface area contributed by atoms with Crippen LogP contribution in [0.4, 0.5) is 5.69 Å². The monoisotopic (exact) mass is 311 g/mol. The van der Waals surface area contributed by atoms with Crippen LogP contribution in [0.1, 0.15) is 24.0 Å². The summed E-state index contributed by atoms with van der Waals surface area (Å²) in [4.78, 5) is 12.0. The molecule has 0 fully saturated rings. The summed E-state index contributed by atoms with van der Waals surface area (Å²) in [7, 11) is 1.62. The van der Waals surface area contributed by atoms with Crippen molar-refractivity contribution in [3.05, 3.63) is 53.6 Å². The molecule has 0 spiro atoms. The van der Waals surface area contributed by atoms with Crippen molar-refractivity contribution >= 4 is 11.6 Å². The number of amides is 1.